The van der Waals surface area contributed by atoms with E-state index < -0.39 is 0 Å². The van der Waals surface area contributed by atoms with Crippen molar-refractivity contribution < 1.29 is 9.13 Å². The Labute approximate surface area is 139 Å². The number of hydrogen-bond acceptors (Lipinski definition) is 4. The maximum atomic E-state index is 14.1. The Kier molecular flexibility index (Phi) is 3.40. The second kappa shape index (κ2) is 5.47. The molecule has 0 aliphatic carbocycles. The topological polar surface area (TPSA) is 43.2 Å². The molecule has 0 bridgehead atoms. The Bertz CT molecular complexity index is 904. The molecule has 24 heavy (non-hydrogen) atoms. The van der Waals surface area contributed by atoms with Gasteiger partial charge in [0.25, 0.3) is 0 Å². The van der Waals surface area contributed by atoms with Gasteiger partial charge in [0.1, 0.15) is 28.4 Å². The van der Waals surface area contributed by atoms with Crippen molar-refractivity contribution in [2.24, 2.45) is 7.05 Å². The summed E-state index contributed by atoms with van der Waals surface area (Å²) >= 11 is 0. The third-order valence-electron chi connectivity index (χ3n) is 4.78. The maximum Gasteiger partial charge on any atom is 0.151 e. The zero-order valence-corrected chi connectivity index (χ0v) is 14.0. The molecule has 1 aliphatic rings. The molecule has 0 spiro atoms. The molecule has 1 saturated heterocycles. The molecule has 1 aliphatic heterocycles. The molecule has 0 radical (unpaired) electrons. The minimum Gasteiger partial charge on any atom is -0.494 e. The summed E-state index contributed by atoms with van der Waals surface area (Å²) in [6.07, 6.45) is 3.00. The van der Waals surface area contributed by atoms with Crippen molar-refractivity contribution in [3.8, 4) is 17.1 Å². The number of pyridine rings is 1. The number of rotatable bonds is 3. The first-order valence-electron chi connectivity index (χ1n) is 8.02. The van der Waals surface area contributed by atoms with Gasteiger partial charge in [-0.05, 0) is 37.6 Å². The number of imidazole rings is 1. The largest absolute Gasteiger partial charge is 0.494 e. The monoisotopic (exact) mass is 326 g/mol. The smallest absolute Gasteiger partial charge is 0.151 e. The van der Waals surface area contributed by atoms with Gasteiger partial charge in [-0.1, -0.05) is 0 Å². The number of aromatic nitrogens is 3. The van der Waals surface area contributed by atoms with Gasteiger partial charge in [-0.25, -0.2) is 14.4 Å². The third-order valence-corrected chi connectivity index (χ3v) is 4.78. The molecule has 0 saturated carbocycles. The Hall–Kier alpha value is -2.63. The summed E-state index contributed by atoms with van der Waals surface area (Å²) in [5, 5.41) is 0. The molecule has 1 fully saturated rings. The second-order valence-corrected chi connectivity index (χ2v) is 6.18. The van der Waals surface area contributed by atoms with E-state index in [0.717, 1.165) is 17.9 Å². The summed E-state index contributed by atoms with van der Waals surface area (Å²) in [4.78, 5) is 11.3. The maximum absolute atomic E-state index is 14.1. The standard InChI is InChI=1S/C18H19FN4O/c1-11-8-9-23(11)15-7-4-12(10-20-15)18-21-16-13(19)5-6-14(24-3)17(16)22(18)2/h4-7,10-11H,8-9H2,1-3H3. The van der Waals surface area contributed by atoms with Crippen molar-refractivity contribution in [3.63, 3.8) is 0 Å². The van der Waals surface area contributed by atoms with Crippen LogP contribution in [0.1, 0.15) is 13.3 Å². The minimum atomic E-state index is -0.355. The highest BCUT2D eigenvalue weighted by Crippen LogP contribution is 2.32. The van der Waals surface area contributed by atoms with Crippen molar-refractivity contribution in [3.05, 3.63) is 36.3 Å². The van der Waals surface area contributed by atoms with E-state index in [1.165, 1.54) is 12.5 Å². The van der Waals surface area contributed by atoms with Crippen LogP contribution in [0.2, 0.25) is 0 Å². The van der Waals surface area contributed by atoms with Crippen LogP contribution in [-0.2, 0) is 7.05 Å². The number of aryl methyl sites for hydroxylation is 1. The molecular weight excluding hydrogens is 307 g/mol. The molecule has 124 valence electrons. The predicted molar refractivity (Wildman–Crippen MR) is 91.9 cm³/mol. The van der Waals surface area contributed by atoms with Gasteiger partial charge < -0.3 is 14.2 Å². The van der Waals surface area contributed by atoms with E-state index in [9.17, 15) is 4.39 Å². The highest BCUT2D eigenvalue weighted by molar-refractivity contribution is 5.86. The predicted octanol–water partition coefficient (Wildman–Crippen LogP) is 3.38. The van der Waals surface area contributed by atoms with E-state index in [2.05, 4.69) is 21.8 Å². The molecule has 6 heteroatoms. The lowest BCUT2D eigenvalue weighted by Crippen LogP contribution is -2.46. The van der Waals surface area contributed by atoms with Crippen molar-refractivity contribution in [1.82, 2.24) is 14.5 Å². The summed E-state index contributed by atoms with van der Waals surface area (Å²) in [5.41, 5.74) is 1.81. The van der Waals surface area contributed by atoms with Gasteiger partial charge in [0.05, 0.1) is 7.11 Å². The van der Waals surface area contributed by atoms with Crippen molar-refractivity contribution >= 4 is 16.9 Å². The van der Waals surface area contributed by atoms with Gasteiger partial charge in [0, 0.05) is 31.4 Å². The number of methoxy groups -OCH3 is 1. The number of nitrogens with zero attached hydrogens (tertiary/aromatic N) is 4. The van der Waals surface area contributed by atoms with Crippen LogP contribution < -0.4 is 9.64 Å². The molecule has 3 aromatic rings. The van der Waals surface area contributed by atoms with Gasteiger partial charge in [0.2, 0.25) is 0 Å². The van der Waals surface area contributed by atoms with E-state index in [4.69, 9.17) is 4.74 Å². The SMILES string of the molecule is COc1ccc(F)c2nc(-c3ccc(N4CCC4C)nc3)n(C)c12. The number of benzene rings is 1. The van der Waals surface area contributed by atoms with E-state index >= 15 is 0 Å². The zero-order chi connectivity index (χ0) is 16.8. The Morgan fingerprint density at radius 1 is 1.25 bits per heavy atom. The van der Waals surface area contributed by atoms with Crippen LogP contribution in [-0.4, -0.2) is 34.2 Å². The van der Waals surface area contributed by atoms with Crippen molar-refractivity contribution in [2.45, 2.75) is 19.4 Å². The van der Waals surface area contributed by atoms with Crippen molar-refractivity contribution in [1.29, 1.82) is 0 Å². The van der Waals surface area contributed by atoms with Gasteiger partial charge in [-0.2, -0.15) is 0 Å². The number of anilines is 1. The second-order valence-electron chi connectivity index (χ2n) is 6.18. The number of fused-ring (bicyclic) bond motifs is 1. The van der Waals surface area contributed by atoms with E-state index in [1.807, 2.05) is 23.7 Å². The molecule has 0 N–H and O–H groups in total. The fraction of sp³-hybridized carbons (Fsp3) is 0.333. The minimum absolute atomic E-state index is 0.312. The molecule has 2 aromatic heterocycles. The first-order chi connectivity index (χ1) is 11.6. The van der Waals surface area contributed by atoms with Crippen LogP contribution in [0, 0.1) is 5.82 Å². The highest BCUT2D eigenvalue weighted by Gasteiger charge is 2.24. The van der Waals surface area contributed by atoms with Crippen LogP contribution in [0.15, 0.2) is 30.5 Å². The van der Waals surface area contributed by atoms with Crippen LogP contribution in [0.25, 0.3) is 22.4 Å². The van der Waals surface area contributed by atoms with Crippen molar-refractivity contribution in [2.75, 3.05) is 18.6 Å². The van der Waals surface area contributed by atoms with E-state index in [-0.39, 0.29) is 5.82 Å². The summed E-state index contributed by atoms with van der Waals surface area (Å²) in [5.74, 6) is 1.89. The van der Waals surface area contributed by atoms with Crippen LogP contribution in [0.4, 0.5) is 10.2 Å². The number of halogens is 1. The van der Waals surface area contributed by atoms with Gasteiger partial charge in [-0.3, -0.25) is 0 Å². The Balaban J connectivity index is 1.79. The molecule has 1 aromatic carbocycles. The normalized spacial score (nSPS) is 17.2. The van der Waals surface area contributed by atoms with Crippen LogP contribution in [0.3, 0.4) is 0 Å². The molecule has 1 unspecified atom stereocenters. The van der Waals surface area contributed by atoms with E-state index in [1.54, 1.807) is 19.4 Å². The summed E-state index contributed by atoms with van der Waals surface area (Å²) < 4.78 is 21.3. The lowest BCUT2D eigenvalue weighted by molar-refractivity contribution is 0.417. The van der Waals surface area contributed by atoms with Crippen LogP contribution in [0.5, 0.6) is 5.75 Å². The van der Waals surface area contributed by atoms with Gasteiger partial charge >= 0.3 is 0 Å². The molecule has 3 heterocycles. The third kappa shape index (κ3) is 2.13. The first-order valence-corrected chi connectivity index (χ1v) is 8.02. The molecule has 1 atom stereocenters. The average molecular weight is 326 g/mol. The molecule has 5 nitrogen and oxygen atoms in total. The summed E-state index contributed by atoms with van der Waals surface area (Å²) in [6, 6.07) is 7.52. The molecular formula is C18H19FN4O. The zero-order valence-electron chi connectivity index (χ0n) is 14.0. The van der Waals surface area contributed by atoms with Gasteiger partial charge in [-0.15, -0.1) is 0 Å². The number of hydrogen-bond donors (Lipinski definition) is 0. The van der Waals surface area contributed by atoms with Crippen LogP contribution >= 0.6 is 0 Å². The summed E-state index contributed by atoms with van der Waals surface area (Å²) in [7, 11) is 3.43. The van der Waals surface area contributed by atoms with Gasteiger partial charge in [0.15, 0.2) is 5.82 Å². The lowest BCUT2D eigenvalue weighted by atomic mass is 10.1. The highest BCUT2D eigenvalue weighted by atomic mass is 19.1. The lowest BCUT2D eigenvalue weighted by Gasteiger charge is -2.39. The Morgan fingerprint density at radius 2 is 2.08 bits per heavy atom. The Morgan fingerprint density at radius 3 is 2.67 bits per heavy atom. The molecule has 0 amide bonds. The number of ether oxygens (including phenoxy) is 1. The fourth-order valence-electron chi connectivity index (χ4n) is 3.22. The fourth-order valence-corrected chi connectivity index (χ4v) is 3.22. The first kappa shape index (κ1) is 14.9. The quantitative estimate of drug-likeness (QED) is 0.740. The molecule has 4 rings (SSSR count). The van der Waals surface area contributed by atoms with E-state index in [0.29, 0.717) is 28.6 Å². The summed E-state index contributed by atoms with van der Waals surface area (Å²) in [6.45, 7) is 3.24. The average Bonchev–Trinajstić information content (AvgIpc) is 2.93.